The minimum absolute atomic E-state index is 0.128. The molecule has 0 spiro atoms. The van der Waals surface area contributed by atoms with Crippen LogP contribution >= 0.6 is 11.6 Å². The molecule has 0 unspecified atom stereocenters. The lowest BCUT2D eigenvalue weighted by atomic mass is 10.0. The SMILES string of the molecule is Cc1cccc(Cl)c1-c1noc(C)c1C(=O)NCCO. The topological polar surface area (TPSA) is 75.4 Å². The zero-order valence-corrected chi connectivity index (χ0v) is 12.0. The molecule has 0 radical (unpaired) electrons. The first kappa shape index (κ1) is 14.6. The molecule has 1 amide bonds. The summed E-state index contributed by atoms with van der Waals surface area (Å²) in [5.41, 5.74) is 2.35. The zero-order valence-electron chi connectivity index (χ0n) is 11.2. The molecule has 0 aliphatic carbocycles. The van der Waals surface area contributed by atoms with Crippen molar-refractivity contribution in [2.45, 2.75) is 13.8 Å². The highest BCUT2D eigenvalue weighted by molar-refractivity contribution is 6.33. The largest absolute Gasteiger partial charge is 0.395 e. The average Bonchev–Trinajstić information content (AvgIpc) is 2.78. The normalized spacial score (nSPS) is 10.6. The number of rotatable bonds is 4. The Hall–Kier alpha value is -1.85. The van der Waals surface area contributed by atoms with Gasteiger partial charge in [-0.2, -0.15) is 0 Å². The molecule has 106 valence electrons. The van der Waals surface area contributed by atoms with Crippen LogP contribution in [0.1, 0.15) is 21.7 Å². The van der Waals surface area contributed by atoms with E-state index >= 15 is 0 Å². The van der Waals surface area contributed by atoms with Crippen LogP contribution in [0.25, 0.3) is 11.3 Å². The number of nitrogens with zero attached hydrogens (tertiary/aromatic N) is 1. The molecule has 1 aromatic carbocycles. The van der Waals surface area contributed by atoms with Gasteiger partial charge in [0.15, 0.2) is 0 Å². The number of halogens is 1. The number of carbonyl (C=O) groups is 1. The number of carbonyl (C=O) groups excluding carboxylic acids is 1. The van der Waals surface area contributed by atoms with Gasteiger partial charge in [-0.1, -0.05) is 28.9 Å². The molecular weight excluding hydrogens is 280 g/mol. The van der Waals surface area contributed by atoms with Crippen molar-refractivity contribution < 1.29 is 14.4 Å². The van der Waals surface area contributed by atoms with Crippen molar-refractivity contribution >= 4 is 17.5 Å². The summed E-state index contributed by atoms with van der Waals surface area (Å²) in [7, 11) is 0. The fraction of sp³-hybridized carbons (Fsp3) is 0.286. The van der Waals surface area contributed by atoms with Crippen LogP contribution in [0.5, 0.6) is 0 Å². The molecule has 20 heavy (non-hydrogen) atoms. The van der Waals surface area contributed by atoms with Crippen molar-refractivity contribution in [2.75, 3.05) is 13.2 Å². The van der Waals surface area contributed by atoms with E-state index in [1.165, 1.54) is 0 Å². The van der Waals surface area contributed by atoms with Gasteiger partial charge in [-0.15, -0.1) is 0 Å². The molecule has 1 aromatic heterocycles. The van der Waals surface area contributed by atoms with Crippen LogP contribution in [-0.4, -0.2) is 29.3 Å². The molecule has 0 bridgehead atoms. The van der Waals surface area contributed by atoms with Gasteiger partial charge in [0.1, 0.15) is 17.0 Å². The number of aromatic nitrogens is 1. The lowest BCUT2D eigenvalue weighted by Gasteiger charge is -2.08. The fourth-order valence-electron chi connectivity index (χ4n) is 2.00. The standard InChI is InChI=1S/C14H15ClN2O3/c1-8-4-3-5-10(15)11(8)13-12(9(2)20-17-13)14(19)16-6-7-18/h3-5,18H,6-7H2,1-2H3,(H,16,19). The quantitative estimate of drug-likeness (QED) is 0.907. The van der Waals surface area contributed by atoms with E-state index in [9.17, 15) is 4.79 Å². The van der Waals surface area contributed by atoms with Crippen molar-refractivity contribution in [3.63, 3.8) is 0 Å². The highest BCUT2D eigenvalue weighted by atomic mass is 35.5. The second kappa shape index (κ2) is 6.07. The van der Waals surface area contributed by atoms with Gasteiger partial charge in [0.05, 0.1) is 11.6 Å². The number of hydrogen-bond donors (Lipinski definition) is 2. The second-order valence-corrected chi connectivity index (χ2v) is 4.78. The molecule has 5 nitrogen and oxygen atoms in total. The second-order valence-electron chi connectivity index (χ2n) is 4.37. The summed E-state index contributed by atoms with van der Waals surface area (Å²) in [5.74, 6) is 0.0712. The lowest BCUT2D eigenvalue weighted by Crippen LogP contribution is -2.27. The number of amides is 1. The third-order valence-corrected chi connectivity index (χ3v) is 3.26. The highest BCUT2D eigenvalue weighted by Crippen LogP contribution is 2.33. The molecule has 0 saturated carbocycles. The first-order valence-corrected chi connectivity index (χ1v) is 6.55. The number of aliphatic hydroxyl groups excluding tert-OH is 1. The molecule has 0 saturated heterocycles. The van der Waals surface area contributed by atoms with Crippen molar-refractivity contribution in [1.82, 2.24) is 10.5 Å². The summed E-state index contributed by atoms with van der Waals surface area (Å²) in [6.45, 7) is 3.60. The smallest absolute Gasteiger partial charge is 0.257 e. The third kappa shape index (κ3) is 2.69. The van der Waals surface area contributed by atoms with E-state index < -0.39 is 0 Å². The summed E-state index contributed by atoms with van der Waals surface area (Å²) in [6.07, 6.45) is 0. The Morgan fingerprint density at radius 3 is 2.85 bits per heavy atom. The summed E-state index contributed by atoms with van der Waals surface area (Å²) in [6, 6.07) is 5.46. The van der Waals surface area contributed by atoms with Gasteiger partial charge in [-0.3, -0.25) is 4.79 Å². The van der Waals surface area contributed by atoms with Crippen LogP contribution in [0.15, 0.2) is 22.7 Å². The van der Waals surface area contributed by atoms with Crippen molar-refractivity contribution in [3.05, 3.63) is 40.1 Å². The van der Waals surface area contributed by atoms with Crippen LogP contribution in [0.4, 0.5) is 0 Å². The minimum Gasteiger partial charge on any atom is -0.395 e. The van der Waals surface area contributed by atoms with Crippen molar-refractivity contribution in [3.8, 4) is 11.3 Å². The summed E-state index contributed by atoms with van der Waals surface area (Å²) < 4.78 is 5.13. The van der Waals surface area contributed by atoms with Gasteiger partial charge in [0.25, 0.3) is 5.91 Å². The van der Waals surface area contributed by atoms with Gasteiger partial charge in [0, 0.05) is 12.1 Å². The molecule has 0 atom stereocenters. The monoisotopic (exact) mass is 294 g/mol. The first-order chi connectivity index (χ1) is 9.56. The number of aryl methyl sites for hydroxylation is 2. The fourth-order valence-corrected chi connectivity index (χ4v) is 2.31. The molecule has 0 aliphatic heterocycles. The lowest BCUT2D eigenvalue weighted by molar-refractivity contribution is 0.0944. The van der Waals surface area contributed by atoms with Gasteiger partial charge >= 0.3 is 0 Å². The van der Waals surface area contributed by atoms with Crippen LogP contribution in [0.2, 0.25) is 5.02 Å². The maximum atomic E-state index is 12.1. The van der Waals surface area contributed by atoms with E-state index in [4.69, 9.17) is 21.2 Å². The van der Waals surface area contributed by atoms with Gasteiger partial charge < -0.3 is 14.9 Å². The van der Waals surface area contributed by atoms with Gasteiger partial charge in [-0.25, -0.2) is 0 Å². The van der Waals surface area contributed by atoms with E-state index in [2.05, 4.69) is 10.5 Å². The Kier molecular flexibility index (Phi) is 4.42. The predicted octanol–water partition coefficient (Wildman–Crippen LogP) is 2.33. The molecule has 2 aromatic rings. The number of benzene rings is 1. The summed E-state index contributed by atoms with van der Waals surface area (Å²) >= 11 is 6.20. The van der Waals surface area contributed by atoms with E-state index in [1.54, 1.807) is 13.0 Å². The number of hydrogen-bond acceptors (Lipinski definition) is 4. The molecule has 1 heterocycles. The Balaban J connectivity index is 2.51. The van der Waals surface area contributed by atoms with E-state index in [-0.39, 0.29) is 19.1 Å². The summed E-state index contributed by atoms with van der Waals surface area (Å²) in [4.78, 5) is 12.1. The highest BCUT2D eigenvalue weighted by Gasteiger charge is 2.23. The Bertz CT molecular complexity index is 617. The Morgan fingerprint density at radius 2 is 2.20 bits per heavy atom. The summed E-state index contributed by atoms with van der Waals surface area (Å²) in [5, 5.41) is 15.8. The maximum Gasteiger partial charge on any atom is 0.257 e. The van der Waals surface area contributed by atoms with Crippen LogP contribution < -0.4 is 5.32 Å². The molecule has 0 aliphatic rings. The molecule has 6 heteroatoms. The van der Waals surface area contributed by atoms with E-state index in [0.29, 0.717) is 27.6 Å². The van der Waals surface area contributed by atoms with Crippen molar-refractivity contribution in [2.24, 2.45) is 0 Å². The van der Waals surface area contributed by atoms with E-state index in [1.807, 2.05) is 19.1 Å². The van der Waals surface area contributed by atoms with Gasteiger partial charge in [-0.05, 0) is 25.5 Å². The maximum absolute atomic E-state index is 12.1. The van der Waals surface area contributed by atoms with Crippen LogP contribution in [0, 0.1) is 13.8 Å². The van der Waals surface area contributed by atoms with Gasteiger partial charge in [0.2, 0.25) is 0 Å². The molecule has 0 fully saturated rings. The van der Waals surface area contributed by atoms with Crippen LogP contribution in [0.3, 0.4) is 0 Å². The number of nitrogens with one attached hydrogen (secondary N) is 1. The van der Waals surface area contributed by atoms with Crippen molar-refractivity contribution in [1.29, 1.82) is 0 Å². The minimum atomic E-state index is -0.341. The Morgan fingerprint density at radius 1 is 1.45 bits per heavy atom. The Labute approximate surface area is 121 Å². The first-order valence-electron chi connectivity index (χ1n) is 6.17. The van der Waals surface area contributed by atoms with Crippen LogP contribution in [-0.2, 0) is 0 Å². The average molecular weight is 295 g/mol. The predicted molar refractivity (Wildman–Crippen MR) is 75.8 cm³/mol. The molecular formula is C14H15ClN2O3. The number of aliphatic hydroxyl groups is 1. The van der Waals surface area contributed by atoms with E-state index in [0.717, 1.165) is 5.56 Å². The third-order valence-electron chi connectivity index (χ3n) is 2.95. The molecule has 2 rings (SSSR count). The zero-order chi connectivity index (χ0) is 14.7. The molecule has 2 N–H and O–H groups in total.